The summed E-state index contributed by atoms with van der Waals surface area (Å²) in [4.78, 5) is 15.5. The molecule has 0 heterocycles. The average molecular weight is 584 g/mol. The van der Waals surface area contributed by atoms with E-state index in [1.807, 2.05) is 0 Å². The van der Waals surface area contributed by atoms with E-state index < -0.39 is 0 Å². The zero-order valence-corrected chi connectivity index (χ0v) is 27.2. The first-order valence-corrected chi connectivity index (χ1v) is 12.9. The summed E-state index contributed by atoms with van der Waals surface area (Å²) < 4.78 is 0. The van der Waals surface area contributed by atoms with Gasteiger partial charge in [0.1, 0.15) is 0 Å². The van der Waals surface area contributed by atoms with E-state index in [1.165, 1.54) is 0 Å². The molecule has 0 bridgehead atoms. The monoisotopic (exact) mass is 584 g/mol. The predicted octanol–water partition coefficient (Wildman–Crippen LogP) is 9.14. The Morgan fingerprint density at radius 1 is 0.457 bits per heavy atom. The van der Waals surface area contributed by atoms with E-state index in [-0.39, 0.29) is 54.0 Å². The Bertz CT molecular complexity index is 394. The van der Waals surface area contributed by atoms with Gasteiger partial charge in [-0.15, -0.1) is 22.2 Å². The summed E-state index contributed by atoms with van der Waals surface area (Å²) in [5, 5.41) is 19.2. The van der Waals surface area contributed by atoms with Gasteiger partial charge >= 0.3 is 19.5 Å². The molecule has 0 spiro atoms. The maximum absolute atomic E-state index is 7.75. The van der Waals surface area contributed by atoms with Crippen LogP contribution >= 0.6 is 0 Å². The van der Waals surface area contributed by atoms with E-state index in [2.05, 4.69) is 111 Å². The minimum atomic E-state index is 0. The number of hydrogen-bond acceptors (Lipinski definition) is 2. The van der Waals surface area contributed by atoms with Gasteiger partial charge < -0.3 is 30.9 Å². The van der Waals surface area contributed by atoms with E-state index in [4.69, 9.17) is 30.9 Å². The van der Waals surface area contributed by atoms with Crippen LogP contribution in [0.4, 0.5) is 0 Å². The second kappa shape index (κ2) is 23.0. The fraction of sp³-hybridized carbons (Fsp3) is 0.929. The smallest absolute Gasteiger partial charge is 0.673 e. The number of carbonyl (C=O) groups excluding carboxylic acids is 2. The third-order valence-corrected chi connectivity index (χ3v) is 6.19. The Morgan fingerprint density at radius 2 is 0.600 bits per heavy atom. The van der Waals surface area contributed by atoms with Crippen molar-refractivity contribution in [2.24, 2.45) is 0 Å². The van der Waals surface area contributed by atoms with E-state index in [0.29, 0.717) is 0 Å². The van der Waals surface area contributed by atoms with Gasteiger partial charge in [-0.2, -0.15) is 0 Å². The van der Waals surface area contributed by atoms with E-state index >= 15 is 0 Å². The molecule has 0 rings (SSSR count). The molecule has 0 aliphatic heterocycles. The first kappa shape index (κ1) is 44.8. The van der Waals surface area contributed by atoms with Crippen LogP contribution in [0, 0.1) is 0 Å². The number of rotatable bonds is 14. The molecule has 210 valence electrons. The van der Waals surface area contributed by atoms with Crippen molar-refractivity contribution >= 4 is 13.6 Å². The molecule has 0 aromatic rings. The Morgan fingerprint density at radius 3 is 0.686 bits per heavy atom. The molecule has 35 heavy (non-hydrogen) atoms. The summed E-state index contributed by atoms with van der Waals surface area (Å²) in [5.41, 5.74) is 0.254. The Labute approximate surface area is 233 Å². The molecule has 0 amide bonds. The van der Waals surface area contributed by atoms with Crippen molar-refractivity contribution in [3.63, 3.8) is 0 Å². The van der Waals surface area contributed by atoms with Gasteiger partial charge in [0.15, 0.2) is 0 Å². The first-order chi connectivity index (χ1) is 15.5. The van der Waals surface area contributed by atoms with Crippen molar-refractivity contribution in [1.82, 2.24) is 0 Å². The van der Waals surface area contributed by atoms with E-state index in [1.54, 1.807) is 0 Å². The van der Waals surface area contributed by atoms with Crippen molar-refractivity contribution in [3.05, 3.63) is 21.3 Å². The first-order valence-electron chi connectivity index (χ1n) is 12.9. The largest absolute Gasteiger partial charge is 6.00 e. The maximum Gasteiger partial charge on any atom is 6.00 e. The molecule has 0 N–H and O–H groups in total. The van der Waals surface area contributed by atoms with Gasteiger partial charge in [0, 0.05) is 0 Å². The standard InChI is InChI=1S/2C13H28N2.2CHO.Ru/c2*1-8-11(14-12(4,5)9-2)15-13(6,7)10-3;2*1-2;/h2*11H,8-10H2,1-7H3;2*1H;/q2*-2;2*-1;+6. The van der Waals surface area contributed by atoms with Crippen LogP contribution in [-0.4, -0.2) is 48.1 Å². The van der Waals surface area contributed by atoms with Crippen LogP contribution in [0.25, 0.3) is 21.3 Å². The van der Waals surface area contributed by atoms with E-state index in [0.717, 1.165) is 38.5 Å². The van der Waals surface area contributed by atoms with Gasteiger partial charge in [-0.1, -0.05) is 135 Å². The van der Waals surface area contributed by atoms with Gasteiger partial charge in [-0.05, 0) is 0 Å². The van der Waals surface area contributed by atoms with Crippen molar-refractivity contribution < 1.29 is 29.1 Å². The van der Waals surface area contributed by atoms with Gasteiger partial charge in [0.05, 0.1) is 0 Å². The minimum Gasteiger partial charge on any atom is -0.673 e. The Hall–Kier alpha value is -0.197. The SMILES string of the molecule is CCC([N-]C(C)(C)CC)[N-]C(C)(C)CC.CCC([N-]C(C)(C)CC)[N-]C(C)(C)CC.[CH-]=O.[CH-]=O.[Ru+6]. The molecule has 0 unspecified atom stereocenters. The molecule has 6 nitrogen and oxygen atoms in total. The molecular weight excluding hydrogens is 525 g/mol. The van der Waals surface area contributed by atoms with Crippen LogP contribution in [0.2, 0.25) is 0 Å². The summed E-state index contributed by atoms with van der Waals surface area (Å²) in [6.07, 6.45) is 6.64. The second-order valence-electron chi connectivity index (χ2n) is 11.0. The van der Waals surface area contributed by atoms with Crippen LogP contribution < -0.4 is 0 Å². The zero-order chi connectivity index (χ0) is 28.2. The molecule has 0 atom stereocenters. The van der Waals surface area contributed by atoms with Crippen molar-refractivity contribution in [3.8, 4) is 0 Å². The minimum absolute atomic E-state index is 0. The molecule has 0 aliphatic rings. The predicted molar refractivity (Wildman–Crippen MR) is 153 cm³/mol. The molecular formula is C28H58N4O2Ru. The fourth-order valence-corrected chi connectivity index (χ4v) is 2.40. The fourth-order valence-electron chi connectivity index (χ4n) is 2.40. The summed E-state index contributed by atoms with van der Waals surface area (Å²) in [7, 11) is 0. The molecule has 0 aromatic carbocycles. The normalized spacial score (nSPS) is 11.9. The number of nitrogens with zero attached hydrogens (tertiary/aromatic N) is 4. The molecule has 0 saturated heterocycles. The Balaban J connectivity index is -0.000000146. The van der Waals surface area contributed by atoms with Crippen LogP contribution in [0.15, 0.2) is 0 Å². The molecule has 0 aromatic heterocycles. The topological polar surface area (TPSA) is 90.5 Å². The summed E-state index contributed by atoms with van der Waals surface area (Å²) >= 11 is 0. The van der Waals surface area contributed by atoms with Gasteiger partial charge in [0.2, 0.25) is 0 Å². The van der Waals surface area contributed by atoms with Gasteiger partial charge in [-0.25, -0.2) is 12.3 Å². The van der Waals surface area contributed by atoms with Gasteiger partial charge in [-0.3, -0.25) is 13.6 Å². The quantitative estimate of drug-likeness (QED) is 0.116. The molecule has 0 radical (unpaired) electrons. The molecule has 0 saturated carbocycles. The van der Waals surface area contributed by atoms with Crippen LogP contribution in [0.3, 0.4) is 0 Å². The van der Waals surface area contributed by atoms with Crippen molar-refractivity contribution in [1.29, 1.82) is 0 Å². The number of hydrogen-bond donors (Lipinski definition) is 0. The average Bonchev–Trinajstić information content (AvgIpc) is 2.80. The zero-order valence-electron chi connectivity index (χ0n) is 25.5. The summed E-state index contributed by atoms with van der Waals surface area (Å²) in [6.45, 7) is 37.0. The molecule has 0 fully saturated rings. The summed E-state index contributed by atoms with van der Waals surface area (Å²) in [6, 6.07) is 0. The third kappa shape index (κ3) is 26.7. The van der Waals surface area contributed by atoms with Crippen molar-refractivity contribution in [2.75, 3.05) is 0 Å². The molecule has 0 aliphatic carbocycles. The third-order valence-electron chi connectivity index (χ3n) is 6.19. The second-order valence-corrected chi connectivity index (χ2v) is 11.0. The maximum atomic E-state index is 7.75. The van der Waals surface area contributed by atoms with Gasteiger partial charge in [0.25, 0.3) is 0 Å². The summed E-state index contributed by atoms with van der Waals surface area (Å²) in [5.74, 6) is 0. The van der Waals surface area contributed by atoms with Crippen LogP contribution in [0.5, 0.6) is 0 Å². The van der Waals surface area contributed by atoms with E-state index in [9.17, 15) is 0 Å². The Kier molecular flexibility index (Phi) is 29.4. The molecule has 7 heteroatoms. The van der Waals surface area contributed by atoms with Crippen molar-refractivity contribution in [2.45, 2.75) is 170 Å². The van der Waals surface area contributed by atoms with Crippen LogP contribution in [0.1, 0.15) is 135 Å². The van der Waals surface area contributed by atoms with Crippen LogP contribution in [-0.2, 0) is 29.1 Å².